The van der Waals surface area contributed by atoms with E-state index >= 15 is 0 Å². The Balaban J connectivity index is 1.71. The monoisotopic (exact) mass is 415 g/mol. The summed E-state index contributed by atoms with van der Waals surface area (Å²) in [7, 11) is 1.67. The molecule has 6 heteroatoms. The maximum atomic E-state index is 14.7. The van der Waals surface area contributed by atoms with Crippen molar-refractivity contribution in [2.45, 2.75) is 50.2 Å². The molecule has 1 atom stereocenters. The molecule has 2 aliphatic rings. The van der Waals surface area contributed by atoms with Crippen LogP contribution in [0.5, 0.6) is 0 Å². The molecule has 2 fully saturated rings. The normalized spacial score (nSPS) is 26.8. The molecule has 0 aromatic heterocycles. The minimum atomic E-state index is -0.916. The summed E-state index contributed by atoms with van der Waals surface area (Å²) in [5.74, 6) is -1.73. The third-order valence-corrected chi connectivity index (χ3v) is 6.55. The van der Waals surface area contributed by atoms with Gasteiger partial charge in [0.1, 0.15) is 11.7 Å². The molecule has 1 amide bonds. The molecule has 1 aliphatic heterocycles. The van der Waals surface area contributed by atoms with Crippen LogP contribution >= 0.6 is 11.6 Å². The number of aryl methyl sites for hydroxylation is 1. The fraction of sp³-hybridized carbons (Fsp3) is 0.391. The maximum absolute atomic E-state index is 14.7. The Hall–Kier alpha value is -2.24. The lowest BCUT2D eigenvalue weighted by Gasteiger charge is -2.35. The molecule has 2 aromatic rings. The highest BCUT2D eigenvalue weighted by molar-refractivity contribution is 6.30. The first kappa shape index (κ1) is 20.0. The third-order valence-electron chi connectivity index (χ3n) is 6.30. The number of nitrogens with one attached hydrogen (secondary N) is 1. The van der Waals surface area contributed by atoms with Gasteiger partial charge in [-0.25, -0.2) is 4.39 Å². The Labute approximate surface area is 174 Å². The van der Waals surface area contributed by atoms with Gasteiger partial charge in [0, 0.05) is 17.7 Å². The van der Waals surface area contributed by atoms with Crippen LogP contribution in [0.1, 0.15) is 42.7 Å². The van der Waals surface area contributed by atoms with Gasteiger partial charge in [-0.05, 0) is 73.6 Å². The van der Waals surface area contributed by atoms with E-state index in [2.05, 4.69) is 5.32 Å². The van der Waals surface area contributed by atoms with E-state index in [0.29, 0.717) is 40.1 Å². The van der Waals surface area contributed by atoms with Gasteiger partial charge in [-0.1, -0.05) is 23.7 Å². The van der Waals surface area contributed by atoms with Gasteiger partial charge in [0.25, 0.3) is 0 Å². The van der Waals surface area contributed by atoms with Crippen molar-refractivity contribution < 1.29 is 18.7 Å². The Morgan fingerprint density at radius 2 is 1.79 bits per heavy atom. The van der Waals surface area contributed by atoms with E-state index in [1.807, 2.05) is 0 Å². The van der Waals surface area contributed by atoms with Crippen molar-refractivity contribution in [3.63, 3.8) is 0 Å². The molecule has 1 spiro atoms. The standard InChI is InChI=1S/C23H23ClFNO3/c1-13-11-19(25)18(14-3-5-15(24)6-4-14)12-17(13)20-21(27)23(26-22(20)28)9-7-16(29-2)8-10-23/h3-6,11-12,16,20H,7-10H2,1-2H3,(H,26,28). The Kier molecular flexibility index (Phi) is 5.21. The number of Topliss-reactive ketones (excluding diaryl/α,β-unsaturated/α-hetero) is 1. The van der Waals surface area contributed by atoms with Crippen molar-refractivity contribution in [2.24, 2.45) is 0 Å². The van der Waals surface area contributed by atoms with E-state index in [1.165, 1.54) is 6.07 Å². The number of amides is 1. The van der Waals surface area contributed by atoms with Crippen molar-refractivity contribution in [3.8, 4) is 11.1 Å². The fourth-order valence-electron chi connectivity index (χ4n) is 4.59. The summed E-state index contributed by atoms with van der Waals surface area (Å²) in [6.45, 7) is 1.73. The summed E-state index contributed by atoms with van der Waals surface area (Å²) in [6, 6.07) is 9.86. The minimum absolute atomic E-state index is 0.117. The fourth-order valence-corrected chi connectivity index (χ4v) is 4.72. The van der Waals surface area contributed by atoms with Gasteiger partial charge in [-0.3, -0.25) is 9.59 Å². The number of methoxy groups -OCH3 is 1. The van der Waals surface area contributed by atoms with E-state index in [1.54, 1.807) is 44.4 Å². The molecule has 152 valence electrons. The van der Waals surface area contributed by atoms with Gasteiger partial charge in [0.05, 0.1) is 11.6 Å². The van der Waals surface area contributed by atoms with Crippen molar-refractivity contribution in [1.82, 2.24) is 5.32 Å². The molecule has 1 heterocycles. The molecule has 1 saturated carbocycles. The van der Waals surface area contributed by atoms with E-state index in [-0.39, 0.29) is 17.8 Å². The summed E-state index contributed by atoms with van der Waals surface area (Å²) in [4.78, 5) is 26.2. The van der Waals surface area contributed by atoms with Gasteiger partial charge >= 0.3 is 0 Å². The summed E-state index contributed by atoms with van der Waals surface area (Å²) < 4.78 is 20.1. The lowest BCUT2D eigenvalue weighted by Crippen LogP contribution is -2.50. The number of rotatable bonds is 3. The van der Waals surface area contributed by atoms with Gasteiger partial charge in [0.2, 0.25) is 5.91 Å². The highest BCUT2D eigenvalue weighted by atomic mass is 35.5. The average Bonchev–Trinajstić information content (AvgIpc) is 2.93. The highest BCUT2D eigenvalue weighted by Gasteiger charge is 2.54. The Morgan fingerprint density at radius 1 is 1.14 bits per heavy atom. The average molecular weight is 416 g/mol. The topological polar surface area (TPSA) is 55.4 Å². The van der Waals surface area contributed by atoms with Crippen molar-refractivity contribution in [2.75, 3.05) is 7.11 Å². The first-order chi connectivity index (χ1) is 13.8. The predicted molar refractivity (Wildman–Crippen MR) is 109 cm³/mol. The van der Waals surface area contributed by atoms with Crippen molar-refractivity contribution in [3.05, 3.63) is 58.4 Å². The van der Waals surface area contributed by atoms with Crippen LogP contribution in [0.4, 0.5) is 4.39 Å². The van der Waals surface area contributed by atoms with Gasteiger partial charge < -0.3 is 10.1 Å². The quantitative estimate of drug-likeness (QED) is 0.747. The molecule has 4 rings (SSSR count). The lowest BCUT2D eigenvalue weighted by atomic mass is 9.75. The molecular formula is C23H23ClFNO3. The number of halogens is 2. The van der Waals surface area contributed by atoms with Crippen LogP contribution in [0.2, 0.25) is 5.02 Å². The SMILES string of the molecule is COC1CCC2(CC1)NC(=O)C(c1cc(-c3ccc(Cl)cc3)c(F)cc1C)C2=O. The molecule has 0 bridgehead atoms. The summed E-state index contributed by atoms with van der Waals surface area (Å²) in [5.41, 5.74) is 1.32. The van der Waals surface area contributed by atoms with E-state index in [4.69, 9.17) is 16.3 Å². The van der Waals surface area contributed by atoms with E-state index < -0.39 is 17.3 Å². The number of hydrogen-bond donors (Lipinski definition) is 1. The summed E-state index contributed by atoms with van der Waals surface area (Å²) in [6.07, 6.45) is 2.71. The molecule has 1 aliphatic carbocycles. The summed E-state index contributed by atoms with van der Waals surface area (Å²) in [5, 5.41) is 3.52. The molecule has 4 nitrogen and oxygen atoms in total. The molecule has 0 radical (unpaired) electrons. The zero-order valence-electron chi connectivity index (χ0n) is 16.4. The van der Waals surface area contributed by atoms with E-state index in [0.717, 1.165) is 12.8 Å². The molecule has 2 aromatic carbocycles. The first-order valence-corrected chi connectivity index (χ1v) is 10.2. The zero-order valence-corrected chi connectivity index (χ0v) is 17.2. The number of carbonyl (C=O) groups excluding carboxylic acids is 2. The number of carbonyl (C=O) groups is 2. The maximum Gasteiger partial charge on any atom is 0.235 e. The van der Waals surface area contributed by atoms with Crippen LogP contribution in [0.3, 0.4) is 0 Å². The van der Waals surface area contributed by atoms with Crippen molar-refractivity contribution in [1.29, 1.82) is 0 Å². The lowest BCUT2D eigenvalue weighted by molar-refractivity contribution is -0.126. The third kappa shape index (κ3) is 3.47. The molecular weight excluding hydrogens is 393 g/mol. The van der Waals surface area contributed by atoms with Crippen LogP contribution in [-0.4, -0.2) is 30.4 Å². The van der Waals surface area contributed by atoms with Crippen LogP contribution in [0.25, 0.3) is 11.1 Å². The first-order valence-electron chi connectivity index (χ1n) is 9.80. The van der Waals surface area contributed by atoms with Crippen LogP contribution in [0.15, 0.2) is 36.4 Å². The number of ketones is 1. The van der Waals surface area contributed by atoms with Crippen molar-refractivity contribution >= 4 is 23.3 Å². The van der Waals surface area contributed by atoms with Gasteiger partial charge in [0.15, 0.2) is 5.78 Å². The minimum Gasteiger partial charge on any atom is -0.381 e. The van der Waals surface area contributed by atoms with Crippen LogP contribution < -0.4 is 5.32 Å². The number of benzene rings is 2. The molecule has 1 N–H and O–H groups in total. The molecule has 1 saturated heterocycles. The van der Waals surface area contributed by atoms with E-state index in [9.17, 15) is 14.0 Å². The number of hydrogen-bond acceptors (Lipinski definition) is 3. The van der Waals surface area contributed by atoms with Crippen LogP contribution in [-0.2, 0) is 14.3 Å². The summed E-state index contributed by atoms with van der Waals surface area (Å²) >= 11 is 5.94. The van der Waals surface area contributed by atoms with Gasteiger partial charge in [-0.15, -0.1) is 0 Å². The predicted octanol–water partition coefficient (Wildman–Crippen LogP) is 4.56. The second-order valence-corrected chi connectivity index (χ2v) is 8.44. The second-order valence-electron chi connectivity index (χ2n) is 8.00. The number of ether oxygens (including phenoxy) is 1. The largest absolute Gasteiger partial charge is 0.381 e. The smallest absolute Gasteiger partial charge is 0.235 e. The second kappa shape index (κ2) is 7.54. The Bertz CT molecular complexity index is 965. The molecule has 29 heavy (non-hydrogen) atoms. The molecule has 1 unspecified atom stereocenters. The zero-order chi connectivity index (χ0) is 20.8. The van der Waals surface area contributed by atoms with Crippen LogP contribution in [0, 0.1) is 12.7 Å². The Morgan fingerprint density at radius 3 is 2.41 bits per heavy atom. The highest BCUT2D eigenvalue weighted by Crippen LogP contribution is 2.41. The van der Waals surface area contributed by atoms with Gasteiger partial charge in [-0.2, -0.15) is 0 Å².